The summed E-state index contributed by atoms with van der Waals surface area (Å²) < 4.78 is 6.56. The van der Waals surface area contributed by atoms with Gasteiger partial charge in [-0.2, -0.15) is 5.26 Å². The van der Waals surface area contributed by atoms with Crippen LogP contribution in [-0.4, -0.2) is 22.1 Å². The molecule has 98 valence electrons. The fourth-order valence-electron chi connectivity index (χ4n) is 2.00. The summed E-state index contributed by atoms with van der Waals surface area (Å²) in [6.07, 6.45) is 0. The van der Waals surface area contributed by atoms with Crippen molar-refractivity contribution in [3.8, 4) is 6.07 Å². The van der Waals surface area contributed by atoms with Crippen LogP contribution in [0.3, 0.4) is 0 Å². The van der Waals surface area contributed by atoms with Crippen LogP contribution in [0, 0.1) is 11.3 Å². The van der Waals surface area contributed by atoms with E-state index in [1.54, 1.807) is 36.6 Å². The molecule has 0 aliphatic heterocycles. The van der Waals surface area contributed by atoms with Crippen LogP contribution < -0.4 is 5.73 Å². The number of fused-ring (bicyclic) bond motifs is 1. The first kappa shape index (κ1) is 12.9. The summed E-state index contributed by atoms with van der Waals surface area (Å²) in [5, 5.41) is 9.04. The van der Waals surface area contributed by atoms with E-state index in [4.69, 9.17) is 15.7 Å². The lowest BCUT2D eigenvalue weighted by molar-refractivity contribution is -0.146. The highest BCUT2D eigenvalue weighted by atomic mass is 16.5. The number of para-hydroxylation sites is 1. The number of nitrogen functional groups attached to an aromatic ring is 1. The molecular weight excluding hydrogens is 244 g/mol. The first-order chi connectivity index (χ1) is 9.10. The molecule has 2 N–H and O–H groups in total. The average Bonchev–Trinajstić information content (AvgIpc) is 2.73. The Balaban J connectivity index is 2.58. The number of rotatable bonds is 3. The van der Waals surface area contributed by atoms with Crippen molar-refractivity contribution in [2.75, 3.05) is 12.3 Å². The van der Waals surface area contributed by atoms with Crippen LogP contribution in [0.2, 0.25) is 0 Å². The first-order valence-corrected chi connectivity index (χ1v) is 5.93. The van der Waals surface area contributed by atoms with Gasteiger partial charge in [-0.1, -0.05) is 6.07 Å². The molecule has 0 radical (unpaired) electrons. The van der Waals surface area contributed by atoms with Crippen LogP contribution in [0.4, 0.5) is 5.95 Å². The summed E-state index contributed by atoms with van der Waals surface area (Å²) in [5.41, 5.74) is 7.42. The number of imidazole rings is 1. The average molecular weight is 258 g/mol. The van der Waals surface area contributed by atoms with Crippen LogP contribution in [0.25, 0.3) is 11.0 Å². The second kappa shape index (κ2) is 4.98. The quantitative estimate of drug-likeness (QED) is 0.844. The summed E-state index contributed by atoms with van der Waals surface area (Å²) in [5.74, 6) is -0.186. The molecule has 0 amide bonds. The highest BCUT2D eigenvalue weighted by molar-refractivity contribution is 5.86. The Labute approximate surface area is 110 Å². The second-order valence-electron chi connectivity index (χ2n) is 4.05. The number of esters is 1. The molecule has 19 heavy (non-hydrogen) atoms. The summed E-state index contributed by atoms with van der Waals surface area (Å²) in [6, 6.07) is 6.64. The van der Waals surface area contributed by atoms with Gasteiger partial charge in [0, 0.05) is 0 Å². The number of anilines is 1. The Hall–Kier alpha value is -2.55. The minimum absolute atomic E-state index is 0.193. The van der Waals surface area contributed by atoms with E-state index in [-0.39, 0.29) is 11.9 Å². The van der Waals surface area contributed by atoms with E-state index in [1.807, 2.05) is 0 Å². The van der Waals surface area contributed by atoms with Gasteiger partial charge in [-0.15, -0.1) is 0 Å². The van der Waals surface area contributed by atoms with Gasteiger partial charge in [0.1, 0.15) is 17.6 Å². The van der Waals surface area contributed by atoms with Crippen molar-refractivity contribution in [1.29, 1.82) is 5.26 Å². The van der Waals surface area contributed by atoms with E-state index in [2.05, 4.69) is 11.1 Å². The summed E-state index contributed by atoms with van der Waals surface area (Å²) in [6.45, 7) is 3.74. The number of carbonyl (C=O) groups excluding carboxylic acids is 1. The Morgan fingerprint density at radius 3 is 3.00 bits per heavy atom. The zero-order valence-corrected chi connectivity index (χ0v) is 10.8. The first-order valence-electron chi connectivity index (χ1n) is 5.93. The van der Waals surface area contributed by atoms with Gasteiger partial charge in [0.2, 0.25) is 5.95 Å². The number of nitriles is 1. The summed E-state index contributed by atoms with van der Waals surface area (Å²) in [7, 11) is 0. The van der Waals surface area contributed by atoms with Gasteiger partial charge < -0.3 is 10.5 Å². The number of nitrogens with two attached hydrogens (primary N) is 1. The van der Waals surface area contributed by atoms with Crippen molar-refractivity contribution in [1.82, 2.24) is 9.55 Å². The van der Waals surface area contributed by atoms with Crippen LogP contribution in [0.5, 0.6) is 0 Å². The lowest BCUT2D eigenvalue weighted by Gasteiger charge is -2.14. The van der Waals surface area contributed by atoms with Gasteiger partial charge in [-0.05, 0) is 26.0 Å². The Bertz CT molecular complexity index is 669. The minimum Gasteiger partial charge on any atom is -0.464 e. The van der Waals surface area contributed by atoms with Crippen molar-refractivity contribution < 1.29 is 9.53 Å². The molecule has 0 bridgehead atoms. The van der Waals surface area contributed by atoms with Crippen LogP contribution in [0.1, 0.15) is 25.5 Å². The van der Waals surface area contributed by atoms with Crippen LogP contribution >= 0.6 is 0 Å². The normalized spacial score (nSPS) is 12.1. The lowest BCUT2D eigenvalue weighted by atomic mass is 10.2. The smallest absolute Gasteiger partial charge is 0.328 e. The molecule has 1 heterocycles. The largest absolute Gasteiger partial charge is 0.464 e. The molecule has 1 aromatic carbocycles. The number of ether oxygens (including phenoxy) is 1. The van der Waals surface area contributed by atoms with E-state index < -0.39 is 6.04 Å². The minimum atomic E-state index is -0.584. The maximum absolute atomic E-state index is 11.8. The molecule has 6 nitrogen and oxygen atoms in total. The van der Waals surface area contributed by atoms with Gasteiger partial charge in [0.05, 0.1) is 17.7 Å². The maximum Gasteiger partial charge on any atom is 0.328 e. The van der Waals surface area contributed by atoms with E-state index in [0.29, 0.717) is 23.2 Å². The SMILES string of the molecule is CCOC(=O)C(C)n1c(N)nc2c(C#N)cccc21. The molecule has 0 saturated carbocycles. The predicted molar refractivity (Wildman–Crippen MR) is 70.2 cm³/mol. The lowest BCUT2D eigenvalue weighted by Crippen LogP contribution is -2.20. The van der Waals surface area contributed by atoms with Crippen molar-refractivity contribution in [3.05, 3.63) is 23.8 Å². The highest BCUT2D eigenvalue weighted by Gasteiger charge is 2.22. The third-order valence-corrected chi connectivity index (χ3v) is 2.88. The topological polar surface area (TPSA) is 93.9 Å². The third kappa shape index (κ3) is 2.10. The van der Waals surface area contributed by atoms with Crippen molar-refractivity contribution in [2.45, 2.75) is 19.9 Å². The number of nitrogens with zero attached hydrogens (tertiary/aromatic N) is 3. The number of carbonyl (C=O) groups is 1. The van der Waals surface area contributed by atoms with Crippen molar-refractivity contribution >= 4 is 23.0 Å². The standard InChI is InChI=1S/C13H14N4O2/c1-3-19-12(18)8(2)17-10-6-4-5-9(7-14)11(10)16-13(17)15/h4-6,8H,3H2,1-2H3,(H2,15,16). The molecule has 2 rings (SSSR count). The molecule has 0 aliphatic rings. The van der Waals surface area contributed by atoms with E-state index >= 15 is 0 Å². The molecule has 0 aliphatic carbocycles. The predicted octanol–water partition coefficient (Wildman–Crippen LogP) is 1.61. The maximum atomic E-state index is 11.8. The Morgan fingerprint density at radius 1 is 1.63 bits per heavy atom. The van der Waals surface area contributed by atoms with Gasteiger partial charge >= 0.3 is 5.97 Å². The van der Waals surface area contributed by atoms with Crippen LogP contribution in [-0.2, 0) is 9.53 Å². The summed E-state index contributed by atoms with van der Waals surface area (Å²) in [4.78, 5) is 16.0. The molecule has 0 spiro atoms. The van der Waals surface area contributed by atoms with Gasteiger partial charge in [-0.3, -0.25) is 4.57 Å². The number of hydrogen-bond acceptors (Lipinski definition) is 5. The number of hydrogen-bond donors (Lipinski definition) is 1. The van der Waals surface area contributed by atoms with E-state index in [9.17, 15) is 4.79 Å². The van der Waals surface area contributed by atoms with Gasteiger partial charge in [-0.25, -0.2) is 9.78 Å². The molecule has 1 unspecified atom stereocenters. The molecule has 6 heteroatoms. The molecule has 0 fully saturated rings. The highest BCUT2D eigenvalue weighted by Crippen LogP contribution is 2.25. The molecule has 1 atom stereocenters. The number of aromatic nitrogens is 2. The fourth-order valence-corrected chi connectivity index (χ4v) is 2.00. The second-order valence-corrected chi connectivity index (χ2v) is 4.05. The molecule has 2 aromatic rings. The number of benzene rings is 1. The van der Waals surface area contributed by atoms with E-state index in [0.717, 1.165) is 0 Å². The zero-order chi connectivity index (χ0) is 14.0. The summed E-state index contributed by atoms with van der Waals surface area (Å²) >= 11 is 0. The molecule has 1 aromatic heterocycles. The Kier molecular flexibility index (Phi) is 3.38. The Morgan fingerprint density at radius 2 is 2.37 bits per heavy atom. The van der Waals surface area contributed by atoms with Crippen molar-refractivity contribution in [2.24, 2.45) is 0 Å². The van der Waals surface area contributed by atoms with Gasteiger partial charge in [0.15, 0.2) is 0 Å². The fraction of sp³-hybridized carbons (Fsp3) is 0.308. The third-order valence-electron chi connectivity index (χ3n) is 2.88. The molecular formula is C13H14N4O2. The van der Waals surface area contributed by atoms with Gasteiger partial charge in [0.25, 0.3) is 0 Å². The zero-order valence-electron chi connectivity index (χ0n) is 10.8. The van der Waals surface area contributed by atoms with E-state index in [1.165, 1.54) is 0 Å². The van der Waals surface area contributed by atoms with Crippen molar-refractivity contribution in [3.63, 3.8) is 0 Å². The monoisotopic (exact) mass is 258 g/mol. The van der Waals surface area contributed by atoms with Crippen LogP contribution in [0.15, 0.2) is 18.2 Å². The molecule has 0 saturated heterocycles.